The minimum atomic E-state index is 0.0932. The average Bonchev–Trinajstić information content (AvgIpc) is 2.44. The van der Waals surface area contributed by atoms with Gasteiger partial charge in [-0.05, 0) is 38.0 Å². The quantitative estimate of drug-likeness (QED) is 0.695. The van der Waals surface area contributed by atoms with E-state index in [4.69, 9.17) is 10.5 Å². The lowest BCUT2D eigenvalue weighted by Gasteiger charge is -2.51. The summed E-state index contributed by atoms with van der Waals surface area (Å²) in [6, 6.07) is 0. The van der Waals surface area contributed by atoms with E-state index in [1.54, 1.807) is 0 Å². The van der Waals surface area contributed by atoms with Crippen LogP contribution in [0.1, 0.15) is 32.6 Å². The number of ether oxygens (including phenoxy) is 1. The van der Waals surface area contributed by atoms with E-state index in [0.717, 1.165) is 25.0 Å². The van der Waals surface area contributed by atoms with Crippen LogP contribution in [0.5, 0.6) is 0 Å². The van der Waals surface area contributed by atoms with Gasteiger partial charge in [0.25, 0.3) is 0 Å². The van der Waals surface area contributed by atoms with Gasteiger partial charge in [0.1, 0.15) is 0 Å². The largest absolute Gasteiger partial charge is 0.374 e. The lowest BCUT2D eigenvalue weighted by atomic mass is 9.63. The van der Waals surface area contributed by atoms with Crippen molar-refractivity contribution in [3.05, 3.63) is 0 Å². The van der Waals surface area contributed by atoms with Gasteiger partial charge in [0.05, 0.1) is 5.60 Å². The summed E-state index contributed by atoms with van der Waals surface area (Å²) >= 11 is 0. The molecule has 1 unspecified atom stereocenters. The maximum atomic E-state index is 5.80. The fourth-order valence-electron chi connectivity index (χ4n) is 3.16. The van der Waals surface area contributed by atoms with Gasteiger partial charge >= 0.3 is 0 Å². The molecule has 0 spiro atoms. The molecule has 0 aromatic rings. The molecule has 3 atom stereocenters. The predicted octanol–water partition coefficient (Wildman–Crippen LogP) is 1.54. The Labute approximate surface area is 74.5 Å². The van der Waals surface area contributed by atoms with Gasteiger partial charge in [-0.15, -0.1) is 0 Å². The van der Waals surface area contributed by atoms with Crippen LogP contribution in [-0.2, 0) is 4.74 Å². The summed E-state index contributed by atoms with van der Waals surface area (Å²) in [5.74, 6) is 1.74. The first-order chi connectivity index (χ1) is 5.82. The second kappa shape index (κ2) is 3.00. The Morgan fingerprint density at radius 2 is 2.33 bits per heavy atom. The Morgan fingerprint density at radius 1 is 1.50 bits per heavy atom. The summed E-state index contributed by atoms with van der Waals surface area (Å²) in [5, 5.41) is 0. The Kier molecular flexibility index (Phi) is 2.13. The standard InChI is InChI=1S/C10H19NO/c1-2-12-10(7-11)6-8-4-3-5-9(8)10/h8-9H,2-7,11H2,1H3/t8-,9-,10?/m0/s1. The number of rotatable bonds is 3. The first-order valence-corrected chi connectivity index (χ1v) is 5.16. The van der Waals surface area contributed by atoms with E-state index in [9.17, 15) is 0 Å². The highest BCUT2D eigenvalue weighted by Crippen LogP contribution is 2.54. The molecule has 0 aromatic carbocycles. The summed E-state index contributed by atoms with van der Waals surface area (Å²) < 4.78 is 5.80. The molecule has 2 nitrogen and oxygen atoms in total. The van der Waals surface area contributed by atoms with Crippen molar-refractivity contribution in [1.82, 2.24) is 0 Å². The molecule has 0 aliphatic heterocycles. The van der Waals surface area contributed by atoms with Crippen LogP contribution in [0.2, 0.25) is 0 Å². The van der Waals surface area contributed by atoms with Crippen molar-refractivity contribution in [2.75, 3.05) is 13.2 Å². The second-order valence-electron chi connectivity index (χ2n) is 4.20. The van der Waals surface area contributed by atoms with E-state index >= 15 is 0 Å². The molecule has 0 amide bonds. The van der Waals surface area contributed by atoms with Gasteiger partial charge in [-0.2, -0.15) is 0 Å². The van der Waals surface area contributed by atoms with E-state index in [0.29, 0.717) is 0 Å². The van der Waals surface area contributed by atoms with E-state index in [1.165, 1.54) is 25.7 Å². The summed E-state index contributed by atoms with van der Waals surface area (Å²) in [7, 11) is 0. The van der Waals surface area contributed by atoms with Crippen molar-refractivity contribution in [1.29, 1.82) is 0 Å². The van der Waals surface area contributed by atoms with E-state index in [2.05, 4.69) is 6.92 Å². The molecule has 0 aromatic heterocycles. The summed E-state index contributed by atoms with van der Waals surface area (Å²) in [6.07, 6.45) is 5.38. The summed E-state index contributed by atoms with van der Waals surface area (Å²) in [5.41, 5.74) is 5.88. The number of hydrogen-bond donors (Lipinski definition) is 1. The van der Waals surface area contributed by atoms with Crippen LogP contribution in [-0.4, -0.2) is 18.8 Å². The topological polar surface area (TPSA) is 35.2 Å². The van der Waals surface area contributed by atoms with Crippen LogP contribution in [0.3, 0.4) is 0 Å². The second-order valence-corrected chi connectivity index (χ2v) is 4.20. The molecule has 0 bridgehead atoms. The van der Waals surface area contributed by atoms with Crippen molar-refractivity contribution in [2.45, 2.75) is 38.2 Å². The monoisotopic (exact) mass is 169 g/mol. The van der Waals surface area contributed by atoms with E-state index < -0.39 is 0 Å². The minimum absolute atomic E-state index is 0.0932. The molecule has 0 heterocycles. The molecule has 2 saturated carbocycles. The zero-order chi connectivity index (χ0) is 8.60. The predicted molar refractivity (Wildman–Crippen MR) is 48.9 cm³/mol. The Bertz CT molecular complexity index is 171. The van der Waals surface area contributed by atoms with Gasteiger partial charge in [0, 0.05) is 13.2 Å². The van der Waals surface area contributed by atoms with E-state index in [1.807, 2.05) is 0 Å². The maximum Gasteiger partial charge on any atom is 0.0837 e. The van der Waals surface area contributed by atoms with Crippen molar-refractivity contribution in [3.8, 4) is 0 Å². The number of fused-ring (bicyclic) bond motifs is 1. The third kappa shape index (κ3) is 1.01. The number of hydrogen-bond acceptors (Lipinski definition) is 2. The van der Waals surface area contributed by atoms with Crippen molar-refractivity contribution < 1.29 is 4.74 Å². The maximum absolute atomic E-state index is 5.80. The molecule has 2 aliphatic rings. The van der Waals surface area contributed by atoms with Crippen LogP contribution in [0.25, 0.3) is 0 Å². The fourth-order valence-corrected chi connectivity index (χ4v) is 3.16. The lowest BCUT2D eigenvalue weighted by molar-refractivity contribution is -0.159. The SMILES string of the molecule is CCOC1(CN)C[C@@H]2CCC[C@@H]21. The molecule has 2 aliphatic carbocycles. The van der Waals surface area contributed by atoms with Crippen LogP contribution >= 0.6 is 0 Å². The van der Waals surface area contributed by atoms with Gasteiger partial charge in [-0.25, -0.2) is 0 Å². The molecule has 2 fully saturated rings. The highest BCUT2D eigenvalue weighted by atomic mass is 16.5. The van der Waals surface area contributed by atoms with Crippen LogP contribution in [0, 0.1) is 11.8 Å². The normalized spacial score (nSPS) is 45.5. The zero-order valence-electron chi connectivity index (χ0n) is 7.88. The average molecular weight is 169 g/mol. The molecule has 2 N–H and O–H groups in total. The third-order valence-electron chi connectivity index (χ3n) is 3.72. The molecular weight excluding hydrogens is 150 g/mol. The molecule has 0 saturated heterocycles. The highest BCUT2D eigenvalue weighted by Gasteiger charge is 2.55. The Balaban J connectivity index is 2.01. The lowest BCUT2D eigenvalue weighted by Crippen LogP contribution is -2.58. The fraction of sp³-hybridized carbons (Fsp3) is 1.00. The van der Waals surface area contributed by atoms with Gasteiger partial charge < -0.3 is 10.5 Å². The third-order valence-corrected chi connectivity index (χ3v) is 3.72. The van der Waals surface area contributed by atoms with Gasteiger partial charge in [0.15, 0.2) is 0 Å². The van der Waals surface area contributed by atoms with E-state index in [-0.39, 0.29) is 5.60 Å². The first-order valence-electron chi connectivity index (χ1n) is 5.16. The first kappa shape index (κ1) is 8.52. The highest BCUT2D eigenvalue weighted by molar-refractivity contribution is 5.06. The number of nitrogens with two attached hydrogens (primary N) is 1. The zero-order valence-corrected chi connectivity index (χ0v) is 7.88. The molecule has 12 heavy (non-hydrogen) atoms. The summed E-state index contributed by atoms with van der Waals surface area (Å²) in [6.45, 7) is 3.61. The van der Waals surface area contributed by atoms with Gasteiger partial charge in [0.2, 0.25) is 0 Å². The Hall–Kier alpha value is -0.0800. The molecule has 0 radical (unpaired) electrons. The molecule has 2 rings (SSSR count). The van der Waals surface area contributed by atoms with Crippen molar-refractivity contribution >= 4 is 0 Å². The van der Waals surface area contributed by atoms with Gasteiger partial charge in [-0.1, -0.05) is 6.42 Å². The molecule has 70 valence electrons. The smallest absolute Gasteiger partial charge is 0.0837 e. The Morgan fingerprint density at radius 3 is 2.92 bits per heavy atom. The van der Waals surface area contributed by atoms with Gasteiger partial charge in [-0.3, -0.25) is 0 Å². The minimum Gasteiger partial charge on any atom is -0.374 e. The van der Waals surface area contributed by atoms with Crippen LogP contribution in [0.4, 0.5) is 0 Å². The van der Waals surface area contributed by atoms with Crippen molar-refractivity contribution in [3.63, 3.8) is 0 Å². The van der Waals surface area contributed by atoms with Crippen molar-refractivity contribution in [2.24, 2.45) is 17.6 Å². The van der Waals surface area contributed by atoms with Crippen LogP contribution in [0.15, 0.2) is 0 Å². The molecule has 2 heteroatoms. The summed E-state index contributed by atoms with van der Waals surface area (Å²) in [4.78, 5) is 0. The van der Waals surface area contributed by atoms with Crippen LogP contribution < -0.4 is 5.73 Å². The molecular formula is C10H19NO.